The maximum atomic E-state index is 12.4. The van der Waals surface area contributed by atoms with Crippen LogP contribution in [0, 0.1) is 10.1 Å². The SMILES string of the molecule is CC1(CCNc2cnn(-c3ccc([N+](=O)[O-])cc3)c(=O)c2Cl)OCCO1. The molecule has 0 amide bonds. The Morgan fingerprint density at radius 1 is 1.35 bits per heavy atom. The normalized spacial score (nSPS) is 15.8. The molecule has 0 spiro atoms. The van der Waals surface area contributed by atoms with Crippen LogP contribution in [0.5, 0.6) is 0 Å². The highest BCUT2D eigenvalue weighted by atomic mass is 35.5. The van der Waals surface area contributed by atoms with Crippen molar-refractivity contribution in [3.63, 3.8) is 0 Å². The average Bonchev–Trinajstić information content (AvgIpc) is 3.05. The molecule has 0 aliphatic carbocycles. The number of non-ortho nitro benzene ring substituents is 1. The second-order valence-corrected chi connectivity index (χ2v) is 6.25. The fourth-order valence-corrected chi connectivity index (χ4v) is 2.78. The zero-order chi connectivity index (χ0) is 18.7. The van der Waals surface area contributed by atoms with Crippen molar-refractivity contribution in [1.29, 1.82) is 0 Å². The van der Waals surface area contributed by atoms with E-state index < -0.39 is 16.3 Å². The molecular weight excluding hydrogens is 364 g/mol. The molecule has 1 aromatic carbocycles. The molecule has 1 fully saturated rings. The summed E-state index contributed by atoms with van der Waals surface area (Å²) < 4.78 is 12.1. The van der Waals surface area contributed by atoms with Crippen LogP contribution in [-0.4, -0.2) is 40.2 Å². The van der Waals surface area contributed by atoms with Gasteiger partial charge < -0.3 is 14.8 Å². The lowest BCUT2D eigenvalue weighted by Gasteiger charge is -2.22. The van der Waals surface area contributed by atoms with E-state index in [0.717, 1.165) is 4.68 Å². The Balaban J connectivity index is 1.73. The van der Waals surface area contributed by atoms with Gasteiger partial charge in [0.1, 0.15) is 5.02 Å². The van der Waals surface area contributed by atoms with Gasteiger partial charge in [-0.3, -0.25) is 14.9 Å². The number of hydrogen-bond donors (Lipinski definition) is 1. The molecule has 138 valence electrons. The molecule has 26 heavy (non-hydrogen) atoms. The van der Waals surface area contributed by atoms with E-state index >= 15 is 0 Å². The van der Waals surface area contributed by atoms with Crippen molar-refractivity contribution < 1.29 is 14.4 Å². The van der Waals surface area contributed by atoms with Crippen molar-refractivity contribution in [2.75, 3.05) is 25.1 Å². The van der Waals surface area contributed by atoms with E-state index in [1.165, 1.54) is 30.5 Å². The molecule has 0 saturated carbocycles. The zero-order valence-electron chi connectivity index (χ0n) is 14.0. The molecule has 2 aromatic rings. The molecule has 1 aromatic heterocycles. The highest BCUT2D eigenvalue weighted by Crippen LogP contribution is 2.23. The molecule has 0 radical (unpaired) electrons. The van der Waals surface area contributed by atoms with Crippen LogP contribution < -0.4 is 10.9 Å². The monoisotopic (exact) mass is 380 g/mol. The summed E-state index contributed by atoms with van der Waals surface area (Å²) in [6.07, 6.45) is 2.01. The molecular formula is C16H17ClN4O5. The third kappa shape index (κ3) is 3.85. The third-order valence-corrected chi connectivity index (χ3v) is 4.38. The Morgan fingerprint density at radius 2 is 2.00 bits per heavy atom. The third-order valence-electron chi connectivity index (χ3n) is 4.02. The summed E-state index contributed by atoms with van der Waals surface area (Å²) >= 11 is 6.15. The van der Waals surface area contributed by atoms with Crippen LogP contribution in [-0.2, 0) is 9.47 Å². The van der Waals surface area contributed by atoms with Gasteiger partial charge in [0.05, 0.1) is 35.7 Å². The second kappa shape index (κ2) is 7.40. The lowest BCUT2D eigenvalue weighted by atomic mass is 10.2. The average molecular weight is 381 g/mol. The largest absolute Gasteiger partial charge is 0.382 e. The lowest BCUT2D eigenvalue weighted by Crippen LogP contribution is -2.29. The Bertz CT molecular complexity index is 862. The molecule has 1 N–H and O–H groups in total. The van der Waals surface area contributed by atoms with Crippen LogP contribution in [0.15, 0.2) is 35.3 Å². The number of rotatable bonds is 6. The van der Waals surface area contributed by atoms with E-state index in [1.54, 1.807) is 0 Å². The van der Waals surface area contributed by atoms with Gasteiger partial charge >= 0.3 is 0 Å². The Labute approximate surface area is 153 Å². The molecule has 10 heteroatoms. The first-order chi connectivity index (χ1) is 12.4. The van der Waals surface area contributed by atoms with Gasteiger partial charge in [-0.25, -0.2) is 0 Å². The van der Waals surface area contributed by atoms with E-state index in [1.807, 2.05) is 6.92 Å². The van der Waals surface area contributed by atoms with Crippen LogP contribution in [0.1, 0.15) is 13.3 Å². The maximum Gasteiger partial charge on any atom is 0.292 e. The van der Waals surface area contributed by atoms with Crippen molar-refractivity contribution in [3.8, 4) is 5.69 Å². The molecule has 0 unspecified atom stereocenters. The highest BCUT2D eigenvalue weighted by Gasteiger charge is 2.30. The smallest absolute Gasteiger partial charge is 0.292 e. The predicted octanol–water partition coefficient (Wildman–Crippen LogP) is 2.36. The van der Waals surface area contributed by atoms with E-state index in [2.05, 4.69) is 10.4 Å². The number of benzene rings is 1. The maximum absolute atomic E-state index is 12.4. The fraction of sp³-hybridized carbons (Fsp3) is 0.375. The van der Waals surface area contributed by atoms with Crippen molar-refractivity contribution >= 4 is 23.0 Å². The molecule has 2 heterocycles. The summed E-state index contributed by atoms with van der Waals surface area (Å²) in [6.45, 7) is 3.46. The van der Waals surface area contributed by atoms with Gasteiger partial charge in [-0.1, -0.05) is 11.6 Å². The summed E-state index contributed by atoms with van der Waals surface area (Å²) in [6, 6.07) is 5.47. The van der Waals surface area contributed by atoms with E-state index in [9.17, 15) is 14.9 Å². The Morgan fingerprint density at radius 3 is 2.62 bits per heavy atom. The number of nitro groups is 1. The first kappa shape index (κ1) is 18.3. The van der Waals surface area contributed by atoms with Crippen LogP contribution in [0.4, 0.5) is 11.4 Å². The van der Waals surface area contributed by atoms with Crippen molar-refractivity contribution in [2.45, 2.75) is 19.1 Å². The summed E-state index contributed by atoms with van der Waals surface area (Å²) in [5.74, 6) is -0.638. The topological polar surface area (TPSA) is 109 Å². The number of nitrogens with one attached hydrogen (secondary N) is 1. The van der Waals surface area contributed by atoms with E-state index in [0.29, 0.717) is 37.6 Å². The molecule has 1 saturated heterocycles. The number of aromatic nitrogens is 2. The van der Waals surface area contributed by atoms with Crippen LogP contribution >= 0.6 is 11.6 Å². The first-order valence-corrected chi connectivity index (χ1v) is 8.32. The van der Waals surface area contributed by atoms with Crippen molar-refractivity contribution in [3.05, 3.63) is 56.0 Å². The molecule has 0 atom stereocenters. The molecule has 0 bridgehead atoms. The van der Waals surface area contributed by atoms with Crippen molar-refractivity contribution in [1.82, 2.24) is 9.78 Å². The zero-order valence-corrected chi connectivity index (χ0v) is 14.7. The Kier molecular flexibility index (Phi) is 5.21. The van der Waals surface area contributed by atoms with Crippen LogP contribution in [0.3, 0.4) is 0 Å². The quantitative estimate of drug-likeness (QED) is 0.605. The molecule has 1 aliphatic heterocycles. The van der Waals surface area contributed by atoms with Gasteiger partial charge in [0.2, 0.25) is 0 Å². The number of hydrogen-bond acceptors (Lipinski definition) is 7. The van der Waals surface area contributed by atoms with Crippen LogP contribution in [0.2, 0.25) is 5.02 Å². The molecule has 3 rings (SSSR count). The fourth-order valence-electron chi connectivity index (χ4n) is 2.58. The van der Waals surface area contributed by atoms with Gasteiger partial charge in [0.25, 0.3) is 11.2 Å². The van der Waals surface area contributed by atoms with Gasteiger partial charge in [-0.15, -0.1) is 0 Å². The van der Waals surface area contributed by atoms with Crippen molar-refractivity contribution in [2.24, 2.45) is 0 Å². The number of anilines is 1. The van der Waals surface area contributed by atoms with Crippen LogP contribution in [0.25, 0.3) is 5.69 Å². The minimum absolute atomic E-state index is 0.0169. The minimum atomic E-state index is -0.638. The van der Waals surface area contributed by atoms with E-state index in [-0.39, 0.29) is 10.7 Å². The second-order valence-electron chi connectivity index (χ2n) is 5.87. The molecule has 9 nitrogen and oxygen atoms in total. The summed E-state index contributed by atoms with van der Waals surface area (Å²) in [7, 11) is 0. The van der Waals surface area contributed by atoms with Gasteiger partial charge in [0.15, 0.2) is 5.79 Å². The minimum Gasteiger partial charge on any atom is -0.382 e. The highest BCUT2D eigenvalue weighted by molar-refractivity contribution is 6.32. The predicted molar refractivity (Wildman–Crippen MR) is 94.9 cm³/mol. The number of nitrogens with zero attached hydrogens (tertiary/aromatic N) is 3. The number of ether oxygens (including phenoxy) is 2. The summed E-state index contributed by atoms with van der Waals surface area (Å²) in [5, 5.41) is 17.8. The standard InChI is InChI=1S/C16H17ClN4O5/c1-16(25-8-9-26-16)6-7-18-13-10-19-20(15(22)14(13)17)11-2-4-12(5-3-11)21(23)24/h2-5,10,18H,6-9H2,1H3. The summed E-state index contributed by atoms with van der Waals surface area (Å²) in [4.78, 5) is 22.6. The van der Waals surface area contributed by atoms with E-state index in [4.69, 9.17) is 21.1 Å². The number of nitro benzene ring substituents is 1. The Hall–Kier alpha value is -2.49. The first-order valence-electron chi connectivity index (χ1n) is 7.94. The number of halogens is 1. The van der Waals surface area contributed by atoms with Gasteiger partial charge in [0, 0.05) is 25.1 Å². The summed E-state index contributed by atoms with van der Waals surface area (Å²) in [5.41, 5.74) is 0.187. The van der Waals surface area contributed by atoms with Gasteiger partial charge in [-0.05, 0) is 19.1 Å². The molecule has 1 aliphatic rings. The van der Waals surface area contributed by atoms with Gasteiger partial charge in [-0.2, -0.15) is 9.78 Å². The lowest BCUT2D eigenvalue weighted by molar-refractivity contribution is -0.384.